The molecule has 0 bridgehead atoms. The predicted molar refractivity (Wildman–Crippen MR) is 125 cm³/mol. The lowest BCUT2D eigenvalue weighted by Crippen LogP contribution is -2.19. The van der Waals surface area contributed by atoms with Crippen molar-refractivity contribution in [2.75, 3.05) is 20.3 Å². The average Bonchev–Trinajstić information content (AvgIpc) is 3.07. The second kappa shape index (κ2) is 10.5. The molecule has 0 spiro atoms. The van der Waals surface area contributed by atoms with Crippen LogP contribution >= 0.6 is 27.7 Å². The van der Waals surface area contributed by atoms with Crippen molar-refractivity contribution in [1.29, 1.82) is 0 Å². The molecule has 30 heavy (non-hydrogen) atoms. The lowest BCUT2D eigenvalue weighted by molar-refractivity contribution is -0.115. The molecule has 0 unspecified atom stereocenters. The average molecular weight is 491 g/mol. The van der Waals surface area contributed by atoms with Gasteiger partial charge in [0.2, 0.25) is 0 Å². The Kier molecular flexibility index (Phi) is 7.81. The summed E-state index contributed by atoms with van der Waals surface area (Å²) < 4.78 is 17.5. The maximum Gasteiger partial charge on any atom is 0.264 e. The molecule has 2 aromatic rings. The van der Waals surface area contributed by atoms with Crippen LogP contribution in [0.25, 0.3) is 6.08 Å². The van der Waals surface area contributed by atoms with E-state index in [2.05, 4.69) is 26.2 Å². The first-order chi connectivity index (χ1) is 14.5. The van der Waals surface area contributed by atoms with E-state index in [1.54, 1.807) is 7.11 Å². The Morgan fingerprint density at radius 3 is 2.60 bits per heavy atom. The largest absolute Gasteiger partial charge is 0.497 e. The van der Waals surface area contributed by atoms with Gasteiger partial charge in [-0.2, -0.15) is 0 Å². The topological polar surface area (TPSA) is 69.2 Å². The molecule has 0 aromatic heterocycles. The third-order valence-corrected chi connectivity index (χ3v) is 5.53. The minimum absolute atomic E-state index is 0.187. The first kappa shape index (κ1) is 22.2. The molecule has 0 atom stereocenters. The standard InChI is InChI=1S/C22H23BrN2O4S/c1-4-10-29-20-17(23)11-14(12-18(20)28-5-2)13-19-21(26)25-22(30-19)24-15-6-8-16(27-3)9-7-15/h6-9,11-13H,4-5,10H2,1-3H3,(H,24,25,26)/b19-13+. The molecular weight excluding hydrogens is 468 g/mol. The minimum atomic E-state index is -0.187. The number of halogens is 1. The Balaban J connectivity index is 1.83. The highest BCUT2D eigenvalue weighted by Crippen LogP contribution is 2.38. The number of benzene rings is 2. The molecule has 1 N–H and O–H groups in total. The molecule has 1 aliphatic rings. The van der Waals surface area contributed by atoms with E-state index >= 15 is 0 Å². The molecule has 158 valence electrons. The second-order valence-corrected chi connectivity index (χ2v) is 8.18. The molecule has 1 amide bonds. The van der Waals surface area contributed by atoms with E-state index < -0.39 is 0 Å². The lowest BCUT2D eigenvalue weighted by Gasteiger charge is -2.14. The number of nitrogens with zero attached hydrogens (tertiary/aromatic N) is 1. The fourth-order valence-electron chi connectivity index (χ4n) is 2.68. The summed E-state index contributed by atoms with van der Waals surface area (Å²) in [7, 11) is 1.61. The summed E-state index contributed by atoms with van der Waals surface area (Å²) in [5.74, 6) is 1.88. The monoisotopic (exact) mass is 490 g/mol. The normalized spacial score (nSPS) is 16.1. The molecule has 3 rings (SSSR count). The van der Waals surface area contributed by atoms with Crippen molar-refractivity contribution in [3.05, 3.63) is 51.3 Å². The van der Waals surface area contributed by atoms with Gasteiger partial charge in [-0.1, -0.05) is 6.92 Å². The first-order valence-electron chi connectivity index (χ1n) is 9.56. The van der Waals surface area contributed by atoms with Gasteiger partial charge in [0, 0.05) is 0 Å². The van der Waals surface area contributed by atoms with Crippen LogP contribution < -0.4 is 19.5 Å². The van der Waals surface area contributed by atoms with Crippen molar-refractivity contribution in [2.45, 2.75) is 20.3 Å². The molecule has 8 heteroatoms. The van der Waals surface area contributed by atoms with Crippen LogP contribution in [0.4, 0.5) is 5.69 Å². The molecule has 1 fully saturated rings. The Labute approximate surface area is 188 Å². The molecule has 1 aliphatic heterocycles. The number of ether oxygens (including phenoxy) is 3. The molecule has 6 nitrogen and oxygen atoms in total. The number of hydrogen-bond acceptors (Lipinski definition) is 6. The number of thioether (sulfide) groups is 1. The highest BCUT2D eigenvalue weighted by Gasteiger charge is 2.24. The van der Waals surface area contributed by atoms with E-state index in [0.717, 1.165) is 27.9 Å². The van der Waals surface area contributed by atoms with Gasteiger partial charge in [-0.3, -0.25) is 4.79 Å². The fraction of sp³-hybridized carbons (Fsp3) is 0.273. The van der Waals surface area contributed by atoms with Crippen LogP contribution in [0.3, 0.4) is 0 Å². The summed E-state index contributed by atoms with van der Waals surface area (Å²) in [6.45, 7) is 5.09. The number of rotatable bonds is 8. The third-order valence-electron chi connectivity index (χ3n) is 4.03. The highest BCUT2D eigenvalue weighted by atomic mass is 79.9. The van der Waals surface area contributed by atoms with E-state index in [1.165, 1.54) is 11.8 Å². The predicted octanol–water partition coefficient (Wildman–Crippen LogP) is 5.54. The van der Waals surface area contributed by atoms with Crippen molar-refractivity contribution < 1.29 is 19.0 Å². The number of hydrogen-bond donors (Lipinski definition) is 1. The number of amidine groups is 1. The van der Waals surface area contributed by atoms with Crippen molar-refractivity contribution in [1.82, 2.24) is 5.32 Å². The lowest BCUT2D eigenvalue weighted by atomic mass is 10.2. The number of amides is 1. The van der Waals surface area contributed by atoms with Gasteiger partial charge in [0.05, 0.1) is 35.4 Å². The molecule has 0 aliphatic carbocycles. The van der Waals surface area contributed by atoms with Gasteiger partial charge in [-0.15, -0.1) is 0 Å². The molecule has 0 radical (unpaired) electrons. The van der Waals surface area contributed by atoms with Crippen molar-refractivity contribution in [3.8, 4) is 17.2 Å². The summed E-state index contributed by atoms with van der Waals surface area (Å²) in [6.07, 6.45) is 2.71. The van der Waals surface area contributed by atoms with E-state index in [4.69, 9.17) is 14.2 Å². The van der Waals surface area contributed by atoms with Crippen LogP contribution in [0.15, 0.2) is 50.8 Å². The second-order valence-electron chi connectivity index (χ2n) is 6.29. The minimum Gasteiger partial charge on any atom is -0.497 e. The number of nitrogens with one attached hydrogen (secondary N) is 1. The Morgan fingerprint density at radius 2 is 1.93 bits per heavy atom. The van der Waals surface area contributed by atoms with Crippen LogP contribution in [-0.2, 0) is 4.79 Å². The first-order valence-corrected chi connectivity index (χ1v) is 11.2. The maximum absolute atomic E-state index is 12.4. The van der Waals surface area contributed by atoms with E-state index in [-0.39, 0.29) is 5.91 Å². The SMILES string of the molecule is CCCOc1c(Br)cc(/C=C2/SC(=Nc3ccc(OC)cc3)NC2=O)cc1OCC. The Morgan fingerprint density at radius 1 is 1.17 bits per heavy atom. The summed E-state index contributed by atoms with van der Waals surface area (Å²) in [4.78, 5) is 17.5. The van der Waals surface area contributed by atoms with Gasteiger partial charge in [0.15, 0.2) is 16.7 Å². The van der Waals surface area contributed by atoms with Gasteiger partial charge < -0.3 is 19.5 Å². The summed E-state index contributed by atoms with van der Waals surface area (Å²) in [5.41, 5.74) is 1.57. The van der Waals surface area contributed by atoms with Crippen LogP contribution in [0.5, 0.6) is 17.2 Å². The number of aliphatic imine (C=N–C) groups is 1. The van der Waals surface area contributed by atoms with Crippen LogP contribution in [0.1, 0.15) is 25.8 Å². The zero-order valence-electron chi connectivity index (χ0n) is 17.0. The zero-order chi connectivity index (χ0) is 21.5. The smallest absolute Gasteiger partial charge is 0.264 e. The Bertz CT molecular complexity index is 974. The quantitative estimate of drug-likeness (QED) is 0.492. The van der Waals surface area contributed by atoms with Gasteiger partial charge in [0.25, 0.3) is 5.91 Å². The molecule has 1 saturated heterocycles. The summed E-state index contributed by atoms with van der Waals surface area (Å²) in [5, 5.41) is 3.33. The van der Waals surface area contributed by atoms with Crippen molar-refractivity contribution >= 4 is 50.5 Å². The van der Waals surface area contributed by atoms with E-state index in [0.29, 0.717) is 34.8 Å². The molecular formula is C22H23BrN2O4S. The van der Waals surface area contributed by atoms with Crippen LogP contribution in [0, 0.1) is 0 Å². The molecule has 1 heterocycles. The van der Waals surface area contributed by atoms with Crippen molar-refractivity contribution in [3.63, 3.8) is 0 Å². The van der Waals surface area contributed by atoms with Crippen molar-refractivity contribution in [2.24, 2.45) is 4.99 Å². The molecule has 2 aromatic carbocycles. The number of methoxy groups -OCH3 is 1. The maximum atomic E-state index is 12.4. The van der Waals surface area contributed by atoms with Gasteiger partial charge in [-0.25, -0.2) is 4.99 Å². The van der Waals surface area contributed by atoms with E-state index in [9.17, 15) is 4.79 Å². The summed E-state index contributed by atoms with van der Waals surface area (Å²) in [6, 6.07) is 11.1. The fourth-order valence-corrected chi connectivity index (χ4v) is 4.10. The highest BCUT2D eigenvalue weighted by molar-refractivity contribution is 9.10. The van der Waals surface area contributed by atoms with E-state index in [1.807, 2.05) is 56.3 Å². The van der Waals surface area contributed by atoms with Gasteiger partial charge in [-0.05, 0) is 89.1 Å². The van der Waals surface area contributed by atoms with Gasteiger partial charge in [0.1, 0.15) is 5.75 Å². The molecule has 0 saturated carbocycles. The number of carbonyl (C=O) groups is 1. The van der Waals surface area contributed by atoms with Crippen LogP contribution in [0.2, 0.25) is 0 Å². The Hall–Kier alpha value is -2.45. The number of carbonyl (C=O) groups excluding carboxylic acids is 1. The van der Waals surface area contributed by atoms with Gasteiger partial charge >= 0.3 is 0 Å². The third kappa shape index (κ3) is 5.58. The summed E-state index contributed by atoms with van der Waals surface area (Å²) >= 11 is 4.85. The van der Waals surface area contributed by atoms with Crippen LogP contribution in [-0.4, -0.2) is 31.4 Å². The zero-order valence-corrected chi connectivity index (χ0v) is 19.4.